The maximum Gasteiger partial charge on any atom is 0.0547 e. The second kappa shape index (κ2) is 12.7. The fourth-order valence-corrected chi connectivity index (χ4v) is 2.05. The summed E-state index contributed by atoms with van der Waals surface area (Å²) in [6.07, 6.45) is 6.07. The largest absolute Gasteiger partial charge is 0.149 e. The van der Waals surface area contributed by atoms with E-state index in [1.54, 1.807) is 0 Å². The van der Waals surface area contributed by atoms with E-state index in [2.05, 4.69) is 25.0 Å². The lowest BCUT2D eigenvalue weighted by atomic mass is 10.5. The summed E-state index contributed by atoms with van der Waals surface area (Å²) >= 11 is 3.75. The van der Waals surface area contributed by atoms with Gasteiger partial charge in [0.2, 0.25) is 0 Å². The van der Waals surface area contributed by atoms with E-state index in [4.69, 9.17) is 0 Å². The molecule has 78 valence electrons. The monoisotopic (exact) mass is 226 g/mol. The Labute approximate surface area is 96.6 Å². The first-order chi connectivity index (χ1) is 6.91. The highest BCUT2D eigenvalue weighted by Crippen LogP contribution is 2.02. The van der Waals surface area contributed by atoms with Crippen LogP contribution < -0.4 is 0 Å². The Morgan fingerprint density at radius 1 is 0.857 bits per heavy atom. The number of rotatable bonds is 8. The van der Waals surface area contributed by atoms with Crippen molar-refractivity contribution in [2.24, 2.45) is 0 Å². The maximum atomic E-state index is 3.68. The van der Waals surface area contributed by atoms with Crippen molar-refractivity contribution in [2.45, 2.75) is 12.8 Å². The third kappa shape index (κ3) is 11.7. The molecule has 14 heavy (non-hydrogen) atoms. The first kappa shape index (κ1) is 13.7. The van der Waals surface area contributed by atoms with Crippen LogP contribution in [0.2, 0.25) is 0 Å². The van der Waals surface area contributed by atoms with Crippen molar-refractivity contribution in [3.05, 3.63) is 25.3 Å². The molecule has 0 nitrogen and oxygen atoms in total. The molecule has 0 atom stereocenters. The minimum atomic E-state index is 0.954. The van der Waals surface area contributed by atoms with E-state index in [1.165, 1.54) is 0 Å². The normalized spacial score (nSPS) is 8.86. The summed E-state index contributed by atoms with van der Waals surface area (Å²) in [7, 11) is 0. The molecule has 0 N–H and O–H groups in total. The summed E-state index contributed by atoms with van der Waals surface area (Å²) in [6, 6.07) is 0. The van der Waals surface area contributed by atoms with Crippen molar-refractivity contribution >= 4 is 23.5 Å². The van der Waals surface area contributed by atoms with Gasteiger partial charge in [-0.1, -0.05) is 24.0 Å². The molecule has 2 heteroatoms. The number of allylic oxidation sites excluding steroid dienone is 2. The molecule has 0 rings (SSSR count). The molecule has 0 heterocycles. The van der Waals surface area contributed by atoms with Crippen LogP contribution in [0.3, 0.4) is 0 Å². The zero-order valence-electron chi connectivity index (χ0n) is 8.63. The van der Waals surface area contributed by atoms with Crippen molar-refractivity contribution in [1.82, 2.24) is 0 Å². The van der Waals surface area contributed by atoms with Gasteiger partial charge in [-0.3, -0.25) is 0 Å². The molecule has 0 aliphatic heterocycles. The quantitative estimate of drug-likeness (QED) is 0.352. The molecule has 0 spiro atoms. The molecule has 0 unspecified atom stereocenters. The smallest absolute Gasteiger partial charge is 0.0547 e. The Morgan fingerprint density at radius 2 is 1.29 bits per heavy atom. The van der Waals surface area contributed by atoms with E-state index < -0.39 is 0 Å². The van der Waals surface area contributed by atoms with Crippen molar-refractivity contribution in [3.63, 3.8) is 0 Å². The van der Waals surface area contributed by atoms with Crippen LogP contribution in [-0.2, 0) is 0 Å². The molecular weight excluding hydrogens is 208 g/mol. The minimum absolute atomic E-state index is 0.954. The zero-order valence-corrected chi connectivity index (χ0v) is 10.3. The van der Waals surface area contributed by atoms with Gasteiger partial charge in [-0.25, -0.2) is 0 Å². The standard InChI is InChI=1S/C12H18S2/c1-3-5-9-13-11-7-8-12-14-10-6-4-2/h3-4H,1-2,5-6,9-12H2. The first-order valence-electron chi connectivity index (χ1n) is 4.74. The SMILES string of the molecule is C=CCCSCC#CCSCCC=C. The molecule has 0 aromatic rings. The van der Waals surface area contributed by atoms with Crippen molar-refractivity contribution in [3.8, 4) is 11.8 Å². The molecule has 0 aliphatic carbocycles. The van der Waals surface area contributed by atoms with Gasteiger partial charge in [0.05, 0.1) is 11.5 Å². The average Bonchev–Trinajstić information content (AvgIpc) is 2.21. The summed E-state index contributed by atoms with van der Waals surface area (Å²) in [5.41, 5.74) is 0. The first-order valence-corrected chi connectivity index (χ1v) is 7.05. The van der Waals surface area contributed by atoms with E-state index in [1.807, 2.05) is 35.7 Å². The van der Waals surface area contributed by atoms with E-state index in [-0.39, 0.29) is 0 Å². The summed E-state index contributed by atoms with van der Waals surface area (Å²) in [5.74, 6) is 10.5. The van der Waals surface area contributed by atoms with Gasteiger partial charge in [-0.15, -0.1) is 36.7 Å². The van der Waals surface area contributed by atoms with Crippen molar-refractivity contribution in [2.75, 3.05) is 23.0 Å². The van der Waals surface area contributed by atoms with Crippen LogP contribution in [0.15, 0.2) is 25.3 Å². The van der Waals surface area contributed by atoms with Gasteiger partial charge in [0.25, 0.3) is 0 Å². The highest BCUT2D eigenvalue weighted by Gasteiger charge is 1.83. The average molecular weight is 226 g/mol. The predicted molar refractivity (Wildman–Crippen MR) is 72.1 cm³/mol. The molecule has 0 saturated carbocycles. The Kier molecular flexibility index (Phi) is 12.5. The van der Waals surface area contributed by atoms with Crippen LogP contribution in [0, 0.1) is 11.8 Å². The summed E-state index contributed by atoms with van der Waals surface area (Å²) in [6.45, 7) is 7.35. The van der Waals surface area contributed by atoms with Gasteiger partial charge in [0.1, 0.15) is 0 Å². The van der Waals surface area contributed by atoms with Gasteiger partial charge < -0.3 is 0 Å². The van der Waals surface area contributed by atoms with Crippen LogP contribution in [0.1, 0.15) is 12.8 Å². The maximum absolute atomic E-state index is 3.68. The van der Waals surface area contributed by atoms with E-state index in [9.17, 15) is 0 Å². The summed E-state index contributed by atoms with van der Waals surface area (Å²) in [4.78, 5) is 0. The molecule has 0 amide bonds. The third-order valence-corrected chi connectivity index (χ3v) is 3.15. The molecular formula is C12H18S2. The number of thioether (sulfide) groups is 2. The zero-order chi connectivity index (χ0) is 10.5. The Morgan fingerprint density at radius 3 is 1.64 bits per heavy atom. The van der Waals surface area contributed by atoms with Crippen LogP contribution in [0.5, 0.6) is 0 Å². The summed E-state index contributed by atoms with van der Waals surface area (Å²) in [5, 5.41) is 0. The molecule has 0 aromatic carbocycles. The van der Waals surface area contributed by atoms with Crippen molar-refractivity contribution < 1.29 is 0 Å². The fourth-order valence-electron chi connectivity index (χ4n) is 0.682. The van der Waals surface area contributed by atoms with Crippen LogP contribution in [0.4, 0.5) is 0 Å². The van der Waals surface area contributed by atoms with E-state index >= 15 is 0 Å². The lowest BCUT2D eigenvalue weighted by molar-refractivity contribution is 1.25. The summed E-state index contributed by atoms with van der Waals surface area (Å²) < 4.78 is 0. The van der Waals surface area contributed by atoms with Gasteiger partial charge in [0, 0.05) is 0 Å². The fraction of sp³-hybridized carbons (Fsp3) is 0.500. The molecule has 0 saturated heterocycles. The number of hydrogen-bond donors (Lipinski definition) is 0. The van der Waals surface area contributed by atoms with Crippen LogP contribution >= 0.6 is 23.5 Å². The topological polar surface area (TPSA) is 0 Å². The van der Waals surface area contributed by atoms with E-state index in [0.29, 0.717) is 0 Å². The van der Waals surface area contributed by atoms with Crippen LogP contribution in [0.25, 0.3) is 0 Å². The number of hydrogen-bond acceptors (Lipinski definition) is 2. The van der Waals surface area contributed by atoms with Gasteiger partial charge in [-0.05, 0) is 24.3 Å². The molecule has 0 aliphatic rings. The van der Waals surface area contributed by atoms with Gasteiger partial charge in [-0.2, -0.15) is 0 Å². The lowest BCUT2D eigenvalue weighted by Gasteiger charge is -1.91. The minimum Gasteiger partial charge on any atom is -0.149 e. The molecule has 0 fully saturated rings. The molecule has 0 bridgehead atoms. The van der Waals surface area contributed by atoms with E-state index in [0.717, 1.165) is 35.9 Å². The van der Waals surface area contributed by atoms with Gasteiger partial charge >= 0.3 is 0 Å². The second-order valence-corrected chi connectivity index (χ2v) is 4.82. The van der Waals surface area contributed by atoms with Crippen molar-refractivity contribution in [1.29, 1.82) is 0 Å². The Balaban J connectivity index is 3.10. The third-order valence-electron chi connectivity index (χ3n) is 1.41. The van der Waals surface area contributed by atoms with Crippen LogP contribution in [-0.4, -0.2) is 23.0 Å². The highest BCUT2D eigenvalue weighted by atomic mass is 32.2. The molecule has 0 aromatic heterocycles. The second-order valence-electron chi connectivity index (χ2n) is 2.61. The Bertz CT molecular complexity index is 178. The van der Waals surface area contributed by atoms with Gasteiger partial charge in [0.15, 0.2) is 0 Å². The predicted octanol–water partition coefficient (Wildman–Crippen LogP) is 3.61. The highest BCUT2D eigenvalue weighted by molar-refractivity contribution is 7.99. The lowest BCUT2D eigenvalue weighted by Crippen LogP contribution is -1.80. The molecule has 0 radical (unpaired) electrons. The Hall–Kier alpha value is -0.260.